The van der Waals surface area contributed by atoms with Crippen molar-refractivity contribution in [2.75, 3.05) is 27.9 Å². The molecule has 2 aromatic heterocycles. The van der Waals surface area contributed by atoms with Crippen molar-refractivity contribution in [2.45, 2.75) is 13.1 Å². The summed E-state index contributed by atoms with van der Waals surface area (Å²) in [5.41, 5.74) is 1.49. The summed E-state index contributed by atoms with van der Waals surface area (Å²) >= 11 is 0. The van der Waals surface area contributed by atoms with E-state index in [1.807, 2.05) is 0 Å². The Labute approximate surface area is 222 Å². The van der Waals surface area contributed by atoms with Crippen LogP contribution in [-0.4, -0.2) is 58.0 Å². The van der Waals surface area contributed by atoms with Crippen LogP contribution in [0.25, 0.3) is 17.1 Å². The summed E-state index contributed by atoms with van der Waals surface area (Å²) in [5.74, 6) is 1.09. The predicted molar refractivity (Wildman–Crippen MR) is 142 cm³/mol. The van der Waals surface area contributed by atoms with Crippen LogP contribution in [0.1, 0.15) is 11.1 Å². The Bertz CT molecular complexity index is 1570. The molecule has 1 amide bonds. The van der Waals surface area contributed by atoms with Crippen LogP contribution in [0.3, 0.4) is 0 Å². The highest BCUT2D eigenvalue weighted by atomic mass is 16.6. The summed E-state index contributed by atoms with van der Waals surface area (Å²) in [6, 6.07) is 9.41. The first-order chi connectivity index (χ1) is 18.8. The predicted octanol–water partition coefficient (Wildman–Crippen LogP) is 2.40. The number of nitro benzene ring substituents is 1. The Balaban J connectivity index is 1.38. The number of rotatable bonds is 11. The van der Waals surface area contributed by atoms with Crippen molar-refractivity contribution in [1.82, 2.24) is 24.6 Å². The maximum Gasteiger partial charge on any atom is 0.269 e. The smallest absolute Gasteiger partial charge is 0.269 e. The zero-order valence-electron chi connectivity index (χ0n) is 21.5. The van der Waals surface area contributed by atoms with Gasteiger partial charge in [0.1, 0.15) is 11.7 Å². The molecule has 4 rings (SSSR count). The number of carbonyl (C=O) groups excluding carboxylic acids is 1. The number of fused-ring (bicyclic) bond motifs is 1. The summed E-state index contributed by atoms with van der Waals surface area (Å²) in [7, 11) is 4.54. The monoisotopic (exact) mass is 534 g/mol. The number of hydrogen-bond donors (Lipinski definition) is 1. The van der Waals surface area contributed by atoms with Crippen molar-refractivity contribution in [3.05, 3.63) is 86.6 Å². The van der Waals surface area contributed by atoms with Gasteiger partial charge in [-0.25, -0.2) is 9.67 Å². The molecule has 0 bridgehead atoms. The Hall–Kier alpha value is -5.20. The SMILES string of the molecule is COc1cc(/C=C\C(=O)NCCn2ncc3c(=O)n(Cc4ccc([N+](=O)[O-])cc4)cnc32)cc(OC)c1OC. The van der Waals surface area contributed by atoms with Crippen molar-refractivity contribution in [3.63, 3.8) is 0 Å². The third-order valence-electron chi connectivity index (χ3n) is 5.86. The number of ether oxygens (including phenoxy) is 3. The molecule has 0 fully saturated rings. The molecule has 39 heavy (non-hydrogen) atoms. The van der Waals surface area contributed by atoms with Crippen LogP contribution in [0.2, 0.25) is 0 Å². The Morgan fingerprint density at radius 1 is 1.10 bits per heavy atom. The van der Waals surface area contributed by atoms with Crippen LogP contribution in [0.15, 0.2) is 59.8 Å². The lowest BCUT2D eigenvalue weighted by Gasteiger charge is -2.12. The molecular weight excluding hydrogens is 508 g/mol. The second-order valence-electron chi connectivity index (χ2n) is 8.29. The van der Waals surface area contributed by atoms with Gasteiger partial charge >= 0.3 is 0 Å². The van der Waals surface area contributed by atoms with E-state index in [1.54, 1.807) is 30.3 Å². The van der Waals surface area contributed by atoms with Gasteiger partial charge in [-0.15, -0.1) is 0 Å². The van der Waals surface area contributed by atoms with Crippen LogP contribution >= 0.6 is 0 Å². The zero-order valence-corrected chi connectivity index (χ0v) is 21.5. The molecule has 0 spiro atoms. The summed E-state index contributed by atoms with van der Waals surface area (Å²) in [6.45, 7) is 0.758. The van der Waals surface area contributed by atoms with Crippen LogP contribution in [0, 0.1) is 10.1 Å². The van der Waals surface area contributed by atoms with Crippen molar-refractivity contribution in [2.24, 2.45) is 0 Å². The molecule has 0 aliphatic carbocycles. The number of nitro groups is 1. The summed E-state index contributed by atoms with van der Waals surface area (Å²) in [5, 5.41) is 18.2. The van der Waals surface area contributed by atoms with E-state index in [0.29, 0.717) is 40.4 Å². The number of nitrogens with zero attached hydrogens (tertiary/aromatic N) is 5. The number of amides is 1. The number of nitrogens with one attached hydrogen (secondary N) is 1. The first-order valence-electron chi connectivity index (χ1n) is 11.7. The summed E-state index contributed by atoms with van der Waals surface area (Å²) in [6.07, 6.45) is 5.85. The second-order valence-corrected chi connectivity index (χ2v) is 8.29. The number of carbonyl (C=O) groups is 1. The number of methoxy groups -OCH3 is 3. The second kappa shape index (κ2) is 11.9. The van der Waals surface area contributed by atoms with Gasteiger partial charge in [0.05, 0.1) is 45.5 Å². The van der Waals surface area contributed by atoms with Crippen LogP contribution in [0.5, 0.6) is 17.2 Å². The minimum Gasteiger partial charge on any atom is -0.493 e. The topological polar surface area (TPSA) is 153 Å². The van der Waals surface area contributed by atoms with Crippen molar-refractivity contribution in [1.29, 1.82) is 0 Å². The number of benzene rings is 2. The minimum atomic E-state index is -0.480. The normalized spacial score (nSPS) is 11.1. The molecule has 4 aromatic rings. The molecule has 13 nitrogen and oxygen atoms in total. The lowest BCUT2D eigenvalue weighted by Crippen LogP contribution is -2.26. The minimum absolute atomic E-state index is 0.0234. The van der Waals surface area contributed by atoms with E-state index in [9.17, 15) is 19.7 Å². The fourth-order valence-corrected chi connectivity index (χ4v) is 3.91. The van der Waals surface area contributed by atoms with Crippen molar-refractivity contribution < 1.29 is 23.9 Å². The van der Waals surface area contributed by atoms with Crippen molar-refractivity contribution in [3.8, 4) is 17.2 Å². The third-order valence-corrected chi connectivity index (χ3v) is 5.86. The largest absolute Gasteiger partial charge is 0.493 e. The molecule has 0 aliphatic rings. The van der Waals surface area contributed by atoms with Gasteiger partial charge in [-0.2, -0.15) is 5.10 Å². The zero-order chi connectivity index (χ0) is 27.9. The average Bonchev–Trinajstić information content (AvgIpc) is 3.36. The van der Waals surface area contributed by atoms with Gasteiger partial charge in [0, 0.05) is 24.8 Å². The molecule has 0 unspecified atom stereocenters. The van der Waals surface area contributed by atoms with E-state index in [2.05, 4.69) is 15.4 Å². The molecule has 2 aromatic carbocycles. The third kappa shape index (κ3) is 6.04. The first-order valence-corrected chi connectivity index (χ1v) is 11.7. The number of non-ortho nitro benzene ring substituents is 1. The molecule has 0 saturated carbocycles. The van der Waals surface area contributed by atoms with Crippen LogP contribution in [0.4, 0.5) is 5.69 Å². The van der Waals surface area contributed by atoms with E-state index in [-0.39, 0.29) is 30.2 Å². The maximum atomic E-state index is 12.9. The van der Waals surface area contributed by atoms with Gasteiger partial charge in [0.2, 0.25) is 11.7 Å². The summed E-state index contributed by atoms with van der Waals surface area (Å²) in [4.78, 5) is 40.0. The molecule has 13 heteroatoms. The lowest BCUT2D eigenvalue weighted by molar-refractivity contribution is -0.384. The number of aromatic nitrogens is 4. The number of hydrogen-bond acceptors (Lipinski definition) is 9. The fraction of sp³-hybridized carbons (Fsp3) is 0.231. The molecule has 0 aliphatic heterocycles. The fourth-order valence-electron chi connectivity index (χ4n) is 3.91. The Morgan fingerprint density at radius 3 is 2.41 bits per heavy atom. The quantitative estimate of drug-likeness (QED) is 0.174. The van der Waals surface area contributed by atoms with Crippen LogP contribution in [-0.2, 0) is 17.9 Å². The highest BCUT2D eigenvalue weighted by Gasteiger charge is 2.13. The summed E-state index contributed by atoms with van der Waals surface area (Å²) < 4.78 is 18.9. The van der Waals surface area contributed by atoms with E-state index in [1.165, 1.54) is 61.3 Å². The molecule has 0 atom stereocenters. The lowest BCUT2D eigenvalue weighted by atomic mass is 10.1. The Kier molecular flexibility index (Phi) is 8.19. The van der Waals surface area contributed by atoms with Gasteiger partial charge in [-0.1, -0.05) is 12.1 Å². The molecular formula is C26H26N6O7. The highest BCUT2D eigenvalue weighted by molar-refractivity contribution is 5.91. The highest BCUT2D eigenvalue weighted by Crippen LogP contribution is 2.38. The van der Waals surface area contributed by atoms with Gasteiger partial charge < -0.3 is 19.5 Å². The van der Waals surface area contributed by atoms with E-state index in [0.717, 1.165) is 5.56 Å². The average molecular weight is 535 g/mol. The van der Waals surface area contributed by atoms with Gasteiger partial charge in [-0.3, -0.25) is 24.3 Å². The van der Waals surface area contributed by atoms with E-state index < -0.39 is 4.92 Å². The van der Waals surface area contributed by atoms with Gasteiger partial charge in [-0.05, 0) is 29.3 Å². The molecule has 0 radical (unpaired) electrons. The van der Waals surface area contributed by atoms with Gasteiger partial charge in [0.15, 0.2) is 17.1 Å². The molecule has 1 N–H and O–H groups in total. The maximum absolute atomic E-state index is 12.9. The van der Waals surface area contributed by atoms with Gasteiger partial charge in [0.25, 0.3) is 11.2 Å². The standard InChI is InChI=1S/C26H26N6O7/c1-37-21-12-18(13-22(38-2)24(21)39-3)6-9-23(33)27-10-11-31-25-20(14-29-31)26(34)30(16-28-25)15-17-4-7-19(8-5-17)32(35)36/h4-9,12-14,16H,10-11,15H2,1-3H3,(H,27,33)/b9-6-. The Morgan fingerprint density at radius 2 is 1.79 bits per heavy atom. The molecule has 2 heterocycles. The van der Waals surface area contributed by atoms with Crippen LogP contribution < -0.4 is 25.1 Å². The molecule has 202 valence electrons. The molecule has 0 saturated heterocycles. The van der Waals surface area contributed by atoms with Crippen molar-refractivity contribution >= 4 is 28.7 Å². The van der Waals surface area contributed by atoms with E-state index in [4.69, 9.17) is 14.2 Å². The first kappa shape index (κ1) is 26.9. The van der Waals surface area contributed by atoms with E-state index >= 15 is 0 Å².